The second-order valence-electron chi connectivity index (χ2n) is 8.67. The van der Waals surface area contributed by atoms with Gasteiger partial charge in [-0.1, -0.05) is 31.9 Å². The molecule has 2 aliphatic carbocycles. The summed E-state index contributed by atoms with van der Waals surface area (Å²) in [4.78, 5) is 0. The summed E-state index contributed by atoms with van der Waals surface area (Å²) < 4.78 is 54.9. The first-order chi connectivity index (χ1) is 13.9. The number of benzene rings is 2. The number of hydrogen-bond acceptors (Lipinski definition) is 0. The third-order valence-corrected chi connectivity index (χ3v) is 6.76. The molecule has 0 aliphatic heterocycles. The molecule has 2 fully saturated rings. The number of rotatable bonds is 3. The largest absolute Gasteiger partial charge is 0.206 e. The molecule has 2 saturated carbocycles. The van der Waals surface area contributed by atoms with E-state index in [1.807, 2.05) is 6.07 Å². The molecule has 0 heterocycles. The summed E-state index contributed by atoms with van der Waals surface area (Å²) in [6.07, 6.45) is 9.29. The lowest BCUT2D eigenvalue weighted by Crippen LogP contribution is -2.23. The van der Waals surface area contributed by atoms with Crippen LogP contribution in [0.1, 0.15) is 63.9 Å². The summed E-state index contributed by atoms with van der Waals surface area (Å²) in [5, 5.41) is 0. The van der Waals surface area contributed by atoms with E-state index in [0.717, 1.165) is 49.3 Å². The van der Waals surface area contributed by atoms with Crippen molar-refractivity contribution in [3.8, 4) is 11.1 Å². The average Bonchev–Trinajstić information content (AvgIpc) is 2.72. The van der Waals surface area contributed by atoms with Crippen LogP contribution in [0.2, 0.25) is 0 Å². The molecule has 0 saturated heterocycles. The van der Waals surface area contributed by atoms with Crippen molar-refractivity contribution in [2.24, 2.45) is 11.8 Å². The number of hydrogen-bond donors (Lipinski definition) is 0. The summed E-state index contributed by atoms with van der Waals surface area (Å²) in [5.41, 5.74) is 0.935. The maximum Gasteiger partial charge on any atom is 0.194 e. The topological polar surface area (TPSA) is 0 Å². The second kappa shape index (κ2) is 8.49. The summed E-state index contributed by atoms with van der Waals surface area (Å²) in [7, 11) is 0. The van der Waals surface area contributed by atoms with Crippen molar-refractivity contribution < 1.29 is 17.6 Å². The molecule has 0 nitrogen and oxygen atoms in total. The molecule has 2 aliphatic rings. The molecule has 2 aromatic rings. The Balaban J connectivity index is 1.44. The lowest BCUT2D eigenvalue weighted by Gasteiger charge is -2.36. The zero-order valence-electron chi connectivity index (χ0n) is 16.7. The van der Waals surface area contributed by atoms with Gasteiger partial charge in [0.25, 0.3) is 0 Å². The average molecular weight is 402 g/mol. The van der Waals surface area contributed by atoms with E-state index in [1.54, 1.807) is 5.92 Å². The van der Waals surface area contributed by atoms with Crippen LogP contribution in [0.25, 0.3) is 11.1 Å². The van der Waals surface area contributed by atoms with E-state index in [4.69, 9.17) is 0 Å². The van der Waals surface area contributed by atoms with Crippen LogP contribution < -0.4 is 0 Å². The van der Waals surface area contributed by atoms with E-state index in [9.17, 15) is 17.6 Å². The predicted octanol–water partition coefficient (Wildman–Crippen LogP) is 7.81. The van der Waals surface area contributed by atoms with Crippen molar-refractivity contribution >= 4 is 0 Å². The summed E-state index contributed by atoms with van der Waals surface area (Å²) in [6, 6.07) is 6.45. The van der Waals surface area contributed by atoms with Crippen molar-refractivity contribution in [3.05, 3.63) is 71.0 Å². The normalized spacial score (nSPS) is 20.3. The van der Waals surface area contributed by atoms with Gasteiger partial charge in [-0.3, -0.25) is 0 Å². The Labute approximate surface area is 170 Å². The van der Waals surface area contributed by atoms with Crippen LogP contribution in [0, 0.1) is 46.9 Å². The predicted molar refractivity (Wildman–Crippen MR) is 107 cm³/mol. The zero-order chi connectivity index (χ0) is 20.5. The minimum absolute atomic E-state index is 0.00193. The SMILES string of the molecule is CC1CC[C](C2CC[C](c3ccc(-c4cc(F)c(F)c(F)c4)c(F)c3)CC2)CC1. The number of halogens is 4. The van der Waals surface area contributed by atoms with E-state index in [1.165, 1.54) is 43.7 Å². The Hall–Kier alpha value is -1.84. The van der Waals surface area contributed by atoms with Gasteiger partial charge in [-0.05, 0) is 85.6 Å². The molecule has 0 bridgehead atoms. The monoisotopic (exact) mass is 402 g/mol. The van der Waals surface area contributed by atoms with Gasteiger partial charge in [-0.25, -0.2) is 17.6 Å². The first-order valence-electron chi connectivity index (χ1n) is 10.6. The molecule has 2 radical (unpaired) electrons. The minimum Gasteiger partial charge on any atom is -0.206 e. The summed E-state index contributed by atoms with van der Waals surface area (Å²) >= 11 is 0. The fourth-order valence-corrected chi connectivity index (χ4v) is 4.88. The van der Waals surface area contributed by atoms with Crippen LogP contribution in [0.15, 0.2) is 30.3 Å². The van der Waals surface area contributed by atoms with Gasteiger partial charge >= 0.3 is 0 Å². The van der Waals surface area contributed by atoms with E-state index in [-0.39, 0.29) is 11.1 Å². The van der Waals surface area contributed by atoms with E-state index in [0.29, 0.717) is 5.92 Å². The smallest absolute Gasteiger partial charge is 0.194 e. The van der Waals surface area contributed by atoms with Crippen LogP contribution in [-0.4, -0.2) is 0 Å². The zero-order valence-corrected chi connectivity index (χ0v) is 16.7. The van der Waals surface area contributed by atoms with Gasteiger partial charge < -0.3 is 0 Å². The molecular weight excluding hydrogens is 376 g/mol. The van der Waals surface area contributed by atoms with Crippen LogP contribution in [0.4, 0.5) is 17.6 Å². The van der Waals surface area contributed by atoms with Gasteiger partial charge in [0.2, 0.25) is 0 Å². The molecule has 4 rings (SSSR count). The Kier molecular flexibility index (Phi) is 5.98. The van der Waals surface area contributed by atoms with Gasteiger partial charge in [0.15, 0.2) is 17.5 Å². The lowest BCUT2D eigenvalue weighted by atomic mass is 9.68. The fraction of sp³-hybridized carbons (Fsp3) is 0.440. The molecular formula is C25H26F4. The van der Waals surface area contributed by atoms with Crippen LogP contribution in [0.5, 0.6) is 0 Å². The minimum atomic E-state index is -1.54. The third-order valence-electron chi connectivity index (χ3n) is 6.76. The van der Waals surface area contributed by atoms with Gasteiger partial charge in [0.05, 0.1) is 0 Å². The Morgan fingerprint density at radius 1 is 0.690 bits per heavy atom. The molecule has 0 unspecified atom stereocenters. The van der Waals surface area contributed by atoms with Crippen molar-refractivity contribution in [2.45, 2.75) is 58.3 Å². The van der Waals surface area contributed by atoms with E-state index in [2.05, 4.69) is 6.92 Å². The van der Waals surface area contributed by atoms with Crippen LogP contribution in [-0.2, 0) is 0 Å². The Morgan fingerprint density at radius 3 is 1.86 bits per heavy atom. The highest BCUT2D eigenvalue weighted by molar-refractivity contribution is 5.65. The fourth-order valence-electron chi connectivity index (χ4n) is 4.88. The summed E-state index contributed by atoms with van der Waals surface area (Å²) in [6.45, 7) is 2.33. The molecule has 154 valence electrons. The maximum atomic E-state index is 14.7. The highest BCUT2D eigenvalue weighted by Gasteiger charge is 2.31. The van der Waals surface area contributed by atoms with Crippen molar-refractivity contribution in [1.29, 1.82) is 0 Å². The Bertz CT molecular complexity index is 836. The first-order valence-corrected chi connectivity index (χ1v) is 10.6. The first kappa shape index (κ1) is 20.4. The van der Waals surface area contributed by atoms with Crippen LogP contribution >= 0.6 is 0 Å². The summed E-state index contributed by atoms with van der Waals surface area (Å²) in [5.74, 6) is -0.204. The molecule has 29 heavy (non-hydrogen) atoms. The van der Waals surface area contributed by atoms with Gasteiger partial charge in [0.1, 0.15) is 5.82 Å². The molecule has 0 N–H and O–H groups in total. The van der Waals surface area contributed by atoms with Crippen molar-refractivity contribution in [2.75, 3.05) is 0 Å². The molecule has 0 amide bonds. The lowest BCUT2D eigenvalue weighted by molar-refractivity contribution is 0.307. The third kappa shape index (κ3) is 4.36. The van der Waals surface area contributed by atoms with Crippen LogP contribution in [0.3, 0.4) is 0 Å². The van der Waals surface area contributed by atoms with Crippen molar-refractivity contribution in [1.82, 2.24) is 0 Å². The van der Waals surface area contributed by atoms with Crippen molar-refractivity contribution in [3.63, 3.8) is 0 Å². The highest BCUT2D eigenvalue weighted by atomic mass is 19.2. The second-order valence-corrected chi connectivity index (χ2v) is 8.67. The highest BCUT2D eigenvalue weighted by Crippen LogP contribution is 2.44. The standard InChI is InChI=1S/C25H26F4/c1-15-2-4-16(5-3-15)17-6-8-18(9-7-17)19-10-11-21(22(26)12-19)20-13-23(27)25(29)24(28)14-20/h10-15,17H,2-9H2,1H3. The van der Waals surface area contributed by atoms with E-state index >= 15 is 0 Å². The molecule has 2 aromatic carbocycles. The van der Waals surface area contributed by atoms with Gasteiger partial charge in [-0.15, -0.1) is 0 Å². The molecule has 4 heteroatoms. The quantitative estimate of drug-likeness (QED) is 0.363. The van der Waals surface area contributed by atoms with Gasteiger partial charge in [-0.2, -0.15) is 0 Å². The maximum absolute atomic E-state index is 14.7. The Morgan fingerprint density at radius 2 is 1.28 bits per heavy atom. The van der Waals surface area contributed by atoms with E-state index < -0.39 is 23.3 Å². The van der Waals surface area contributed by atoms with Gasteiger partial charge in [0, 0.05) is 11.5 Å². The molecule has 0 spiro atoms. The molecule has 0 aromatic heterocycles. The molecule has 0 atom stereocenters.